The number of methoxy groups -OCH3 is 1. The number of aromatic nitrogens is 3. The van der Waals surface area contributed by atoms with Crippen LogP contribution in [0.15, 0.2) is 77.9 Å². The number of rotatable bonds is 11. The average Bonchev–Trinajstić information content (AvgIpc) is 3.73. The Hall–Kier alpha value is -4.85. The molecular weight excluding hydrogens is 707 g/mol. The number of amides is 1. The van der Waals surface area contributed by atoms with Crippen LogP contribution in [0.2, 0.25) is 10.0 Å². The van der Waals surface area contributed by atoms with Gasteiger partial charge in [-0.1, -0.05) is 65.7 Å². The number of fused-ring (bicyclic) bond motifs is 1. The van der Waals surface area contributed by atoms with Crippen molar-refractivity contribution in [2.24, 2.45) is 0 Å². The molecule has 3 atom stereocenters. The van der Waals surface area contributed by atoms with Gasteiger partial charge in [-0.2, -0.15) is 0 Å². The Morgan fingerprint density at radius 1 is 1.02 bits per heavy atom. The van der Waals surface area contributed by atoms with E-state index in [1.165, 1.54) is 10.6 Å². The minimum Gasteiger partial charge on any atom is -0.481 e. The number of carboxylic acids is 1. The number of benzene rings is 2. The first-order valence-corrected chi connectivity index (χ1v) is 17.6. The van der Waals surface area contributed by atoms with Crippen LogP contribution in [0.3, 0.4) is 0 Å². The number of hydrogen-bond donors (Lipinski definition) is 4. The smallest absolute Gasteiger partial charge is 0.321 e. The minimum absolute atomic E-state index is 0.0598. The maximum Gasteiger partial charge on any atom is 0.321 e. The number of nitrogens with one attached hydrogen (secondary N) is 2. The molecule has 3 aromatic heterocycles. The fraction of sp³-hybridized carbons (Fsp3) is 0.289. The third-order valence-corrected chi connectivity index (χ3v) is 10.4. The Morgan fingerprint density at radius 2 is 1.75 bits per heavy atom. The van der Waals surface area contributed by atoms with Gasteiger partial charge < -0.3 is 25.6 Å². The SMILES string of the molecule is COc1nc(-c2cccc(-c3cccc(-c4ccn5c(=O)c(CN6C[C@H](O)C[C@H]6C(=O)O)cnc5c4)c3Cl)c2Cl)ccc1CNC[C@H]1CCC(=O)N1. The fourth-order valence-electron chi connectivity index (χ4n) is 6.96. The predicted octanol–water partition coefficient (Wildman–Crippen LogP) is 4.79. The van der Waals surface area contributed by atoms with Crippen molar-refractivity contribution in [3.63, 3.8) is 0 Å². The summed E-state index contributed by atoms with van der Waals surface area (Å²) in [6.45, 7) is 1.40. The summed E-state index contributed by atoms with van der Waals surface area (Å²) in [5.74, 6) is -0.485. The maximum absolute atomic E-state index is 13.4. The van der Waals surface area contributed by atoms with Crippen LogP contribution in [0, 0.1) is 0 Å². The zero-order valence-corrected chi connectivity index (χ0v) is 29.7. The molecule has 0 aliphatic carbocycles. The molecule has 5 heterocycles. The lowest BCUT2D eigenvalue weighted by Gasteiger charge is -2.20. The number of carbonyl (C=O) groups is 2. The predicted molar refractivity (Wildman–Crippen MR) is 197 cm³/mol. The second kappa shape index (κ2) is 15.0. The van der Waals surface area contributed by atoms with E-state index in [4.69, 9.17) is 32.9 Å². The minimum atomic E-state index is -1.04. The number of aliphatic hydroxyl groups excluding tert-OH is 1. The molecule has 0 radical (unpaired) electrons. The zero-order chi connectivity index (χ0) is 36.5. The summed E-state index contributed by atoms with van der Waals surface area (Å²) in [6.07, 6.45) is 3.79. The van der Waals surface area contributed by atoms with Gasteiger partial charge in [0.15, 0.2) is 0 Å². The molecule has 14 heteroatoms. The molecule has 12 nitrogen and oxygen atoms in total. The van der Waals surface area contributed by atoms with Gasteiger partial charge in [0.05, 0.1) is 34.5 Å². The number of hydrogen-bond acceptors (Lipinski definition) is 9. The number of ether oxygens (including phenoxy) is 1. The molecule has 52 heavy (non-hydrogen) atoms. The van der Waals surface area contributed by atoms with Crippen LogP contribution in [-0.4, -0.2) is 79.7 Å². The summed E-state index contributed by atoms with van der Waals surface area (Å²) in [5, 5.41) is 26.8. The largest absolute Gasteiger partial charge is 0.481 e. The first-order valence-electron chi connectivity index (χ1n) is 16.9. The quantitative estimate of drug-likeness (QED) is 0.148. The molecule has 5 aromatic rings. The highest BCUT2D eigenvalue weighted by atomic mass is 35.5. The maximum atomic E-state index is 13.4. The summed E-state index contributed by atoms with van der Waals surface area (Å²) in [5.41, 5.74) is 5.48. The molecule has 2 aliphatic heterocycles. The van der Waals surface area contributed by atoms with Crippen LogP contribution in [-0.2, 0) is 22.7 Å². The molecule has 2 aliphatic rings. The highest BCUT2D eigenvalue weighted by Gasteiger charge is 2.36. The number of halogens is 2. The molecule has 0 unspecified atom stereocenters. The number of pyridine rings is 2. The summed E-state index contributed by atoms with van der Waals surface area (Å²) < 4.78 is 7.05. The number of likely N-dealkylation sites (tertiary alicyclic amines) is 1. The van der Waals surface area contributed by atoms with Crippen molar-refractivity contribution in [1.29, 1.82) is 0 Å². The van der Waals surface area contributed by atoms with Gasteiger partial charge >= 0.3 is 5.97 Å². The summed E-state index contributed by atoms with van der Waals surface area (Å²) in [6, 6.07) is 18.0. The van der Waals surface area contributed by atoms with Crippen molar-refractivity contribution in [3.05, 3.63) is 105 Å². The van der Waals surface area contributed by atoms with Crippen molar-refractivity contribution >= 4 is 40.7 Å². The normalized spacial score (nSPS) is 18.9. The van der Waals surface area contributed by atoms with E-state index in [0.717, 1.165) is 17.5 Å². The van der Waals surface area contributed by atoms with Gasteiger partial charge in [-0.25, -0.2) is 9.97 Å². The molecule has 0 spiro atoms. The molecule has 4 N–H and O–H groups in total. The number of nitrogens with zero attached hydrogens (tertiary/aromatic N) is 4. The van der Waals surface area contributed by atoms with Crippen LogP contribution in [0.1, 0.15) is 30.4 Å². The van der Waals surface area contributed by atoms with Crippen LogP contribution in [0.4, 0.5) is 0 Å². The third kappa shape index (κ3) is 7.12. The molecule has 0 saturated carbocycles. The van der Waals surface area contributed by atoms with Crippen LogP contribution in [0.25, 0.3) is 39.2 Å². The number of carbonyl (C=O) groups excluding carboxylic acids is 1. The summed E-state index contributed by atoms with van der Waals surface area (Å²) in [4.78, 5) is 47.4. The highest BCUT2D eigenvalue weighted by Crippen LogP contribution is 2.42. The first kappa shape index (κ1) is 35.5. The van der Waals surface area contributed by atoms with Crippen LogP contribution < -0.4 is 20.9 Å². The van der Waals surface area contributed by atoms with Crippen molar-refractivity contribution < 1.29 is 24.5 Å². The monoisotopic (exact) mass is 742 g/mol. The first-order chi connectivity index (χ1) is 25.1. The highest BCUT2D eigenvalue weighted by molar-refractivity contribution is 6.39. The van der Waals surface area contributed by atoms with E-state index in [9.17, 15) is 24.6 Å². The third-order valence-electron chi connectivity index (χ3n) is 9.62. The number of β-amino-alcohol motifs (C(OH)–C–C–N with tert-alkyl or cyclic N) is 1. The van der Waals surface area contributed by atoms with E-state index in [2.05, 4.69) is 15.6 Å². The van der Waals surface area contributed by atoms with Gasteiger partial charge in [0.25, 0.3) is 5.56 Å². The van der Waals surface area contributed by atoms with Crippen LogP contribution in [0.5, 0.6) is 5.88 Å². The molecule has 7 rings (SSSR count). The van der Waals surface area contributed by atoms with E-state index in [-0.39, 0.29) is 37.0 Å². The van der Waals surface area contributed by atoms with Gasteiger partial charge in [-0.3, -0.25) is 23.7 Å². The van der Waals surface area contributed by atoms with Gasteiger partial charge in [0.1, 0.15) is 11.7 Å². The molecule has 2 fully saturated rings. The van der Waals surface area contributed by atoms with Gasteiger partial charge in [-0.15, -0.1) is 0 Å². The Bertz CT molecular complexity index is 2250. The second-order valence-corrected chi connectivity index (χ2v) is 13.8. The van der Waals surface area contributed by atoms with E-state index in [1.54, 1.807) is 30.3 Å². The Morgan fingerprint density at radius 3 is 2.46 bits per heavy atom. The molecule has 0 bridgehead atoms. The Labute approximate surface area is 309 Å². The van der Waals surface area contributed by atoms with Crippen molar-refractivity contribution in [2.75, 3.05) is 20.2 Å². The lowest BCUT2D eigenvalue weighted by Crippen LogP contribution is -2.37. The lowest BCUT2D eigenvalue weighted by atomic mass is 9.97. The number of carboxylic acid groups (broad SMARTS) is 1. The van der Waals surface area contributed by atoms with Gasteiger partial charge in [-0.05, 0) is 30.2 Å². The topological polar surface area (TPSA) is 158 Å². The van der Waals surface area contributed by atoms with Gasteiger partial charge in [0, 0.05) is 85.3 Å². The number of aliphatic hydroxyl groups is 1. The molecular formula is C38H36Cl2N6O6. The molecule has 2 aromatic carbocycles. The van der Waals surface area contributed by atoms with E-state index in [1.807, 2.05) is 48.5 Å². The number of aliphatic carboxylic acids is 1. The van der Waals surface area contributed by atoms with Gasteiger partial charge in [0.2, 0.25) is 11.8 Å². The van der Waals surface area contributed by atoms with E-state index in [0.29, 0.717) is 74.6 Å². The van der Waals surface area contributed by atoms with Crippen molar-refractivity contribution in [1.82, 2.24) is 29.9 Å². The Kier molecular flexibility index (Phi) is 10.3. The standard InChI is InChI=1S/C38H36Cl2N6O6/c1-52-36-22(16-41-18-24-9-11-33(48)43-24)8-10-30(44-36)29-7-3-6-28(35(29)40)27-5-2-4-26(34(27)39)21-12-13-46-32(14-21)42-17-23(37(46)49)19-45-20-25(47)15-31(45)38(50)51/h2-8,10,12-14,17,24-25,31,41,47H,9,11,15-16,18-20H2,1H3,(H,43,48)(H,50,51)/t24-,25-,31+/m1/s1. The van der Waals surface area contributed by atoms with Crippen molar-refractivity contribution in [3.8, 4) is 39.4 Å². The lowest BCUT2D eigenvalue weighted by molar-refractivity contribution is -0.142. The van der Waals surface area contributed by atoms with Crippen LogP contribution >= 0.6 is 23.2 Å². The van der Waals surface area contributed by atoms with Crippen molar-refractivity contribution in [2.45, 2.75) is 50.5 Å². The summed E-state index contributed by atoms with van der Waals surface area (Å²) in [7, 11) is 1.57. The summed E-state index contributed by atoms with van der Waals surface area (Å²) >= 11 is 14.2. The second-order valence-electron chi connectivity index (χ2n) is 13.0. The van der Waals surface area contributed by atoms with E-state index >= 15 is 0 Å². The molecule has 2 saturated heterocycles. The average molecular weight is 744 g/mol. The molecule has 268 valence electrons. The Balaban J connectivity index is 1.14. The fourth-order valence-corrected chi connectivity index (χ4v) is 7.62. The molecule has 1 amide bonds. The zero-order valence-electron chi connectivity index (χ0n) is 28.2. The van der Waals surface area contributed by atoms with E-state index < -0.39 is 18.1 Å².